The molecule has 1 aliphatic heterocycles. The first-order chi connectivity index (χ1) is 18.4. The van der Waals surface area contributed by atoms with E-state index in [0.717, 1.165) is 0 Å². The molecule has 0 saturated carbocycles. The molecular weight excluding hydrogens is 482 g/mol. The lowest BCUT2D eigenvalue weighted by Crippen LogP contribution is -2.54. The number of carbonyl (C=O) groups is 1. The minimum Gasteiger partial charge on any atom is -0.457 e. The van der Waals surface area contributed by atoms with E-state index in [2.05, 4.69) is 9.97 Å². The quantitative estimate of drug-likeness (QED) is 0.297. The third-order valence-electron chi connectivity index (χ3n) is 6.46. The van der Waals surface area contributed by atoms with Crippen LogP contribution in [0.5, 0.6) is 11.5 Å². The second-order valence-electron chi connectivity index (χ2n) is 9.45. The Morgan fingerprint density at radius 3 is 2.50 bits per heavy atom. The first-order valence-electron chi connectivity index (χ1n) is 12.3. The van der Waals surface area contributed by atoms with Crippen LogP contribution in [0.2, 0.25) is 0 Å². The van der Waals surface area contributed by atoms with Crippen molar-refractivity contribution >= 4 is 22.9 Å². The highest BCUT2D eigenvalue weighted by molar-refractivity contribution is 5.98. The highest BCUT2D eigenvalue weighted by Crippen LogP contribution is 2.27. The summed E-state index contributed by atoms with van der Waals surface area (Å²) in [7, 11) is 0. The Morgan fingerprint density at radius 1 is 1.16 bits per heavy atom. The summed E-state index contributed by atoms with van der Waals surface area (Å²) in [5.74, 6) is 1.24. The number of imidazole rings is 1. The fourth-order valence-corrected chi connectivity index (χ4v) is 4.55. The molecule has 0 bridgehead atoms. The third-order valence-corrected chi connectivity index (χ3v) is 6.46. The molecule has 0 unspecified atom stereocenters. The summed E-state index contributed by atoms with van der Waals surface area (Å²) in [6, 6.07) is 18.2. The zero-order chi connectivity index (χ0) is 26.8. The zero-order valence-electron chi connectivity index (χ0n) is 21.1. The van der Waals surface area contributed by atoms with Crippen molar-refractivity contribution < 1.29 is 9.53 Å². The van der Waals surface area contributed by atoms with Gasteiger partial charge in [-0.15, -0.1) is 0 Å². The van der Waals surface area contributed by atoms with E-state index in [1.807, 2.05) is 50.2 Å². The summed E-state index contributed by atoms with van der Waals surface area (Å²) >= 11 is 0. The Labute approximate surface area is 219 Å². The molecule has 1 atom stereocenters. The number of rotatable bonds is 7. The Balaban J connectivity index is 1.47. The molecule has 4 aromatic rings. The number of nitrogen functional groups attached to an aromatic ring is 1. The number of ether oxygens (including phenoxy) is 1. The Morgan fingerprint density at radius 2 is 1.87 bits per heavy atom. The minimum atomic E-state index is -0.346. The van der Waals surface area contributed by atoms with Crippen molar-refractivity contribution in [2.45, 2.75) is 32.9 Å². The van der Waals surface area contributed by atoms with Crippen LogP contribution in [0.4, 0.5) is 5.82 Å². The summed E-state index contributed by atoms with van der Waals surface area (Å²) < 4.78 is 8.86. The first kappa shape index (κ1) is 24.8. The van der Waals surface area contributed by atoms with E-state index in [0.29, 0.717) is 41.3 Å². The van der Waals surface area contributed by atoms with Gasteiger partial charge >= 0.3 is 5.69 Å². The number of aromatic nitrogens is 4. The Hall–Kier alpha value is -4.91. The number of benzene rings is 2. The Bertz CT molecular complexity index is 1610. The van der Waals surface area contributed by atoms with Crippen LogP contribution >= 0.6 is 0 Å². The maximum Gasteiger partial charge on any atom is 0.335 e. The zero-order valence-corrected chi connectivity index (χ0v) is 21.1. The van der Waals surface area contributed by atoms with Crippen molar-refractivity contribution in [2.75, 3.05) is 12.3 Å². The molecule has 3 heterocycles. The molecule has 1 aliphatic rings. The molecule has 38 heavy (non-hydrogen) atoms. The molecular formula is C28H27N7O3. The van der Waals surface area contributed by atoms with Crippen LogP contribution in [0.15, 0.2) is 77.4 Å². The standard InChI is InChI=1S/C28H27N7O3/c1-18(2)14-19(15-29)27(36)33-13-12-21(33)16-34-26-24(25(30)31-17-32-26)35(28(34)37)20-8-10-23(11-9-20)38-22-6-4-3-5-7-22/h3-11,14,17-18,21H,12-13,16H2,1-2H3,(H2,30,31,32)/t21-/m0/s1. The molecule has 1 amide bonds. The highest BCUT2D eigenvalue weighted by atomic mass is 16.5. The highest BCUT2D eigenvalue weighted by Gasteiger charge is 2.35. The molecule has 2 N–H and O–H groups in total. The second kappa shape index (κ2) is 10.2. The largest absolute Gasteiger partial charge is 0.457 e. The topological polar surface area (TPSA) is 132 Å². The van der Waals surface area contributed by atoms with E-state index in [4.69, 9.17) is 10.5 Å². The number of allylic oxidation sites excluding steroid dienone is 1. The monoisotopic (exact) mass is 509 g/mol. The number of amides is 1. The van der Waals surface area contributed by atoms with E-state index in [1.165, 1.54) is 15.5 Å². The van der Waals surface area contributed by atoms with Gasteiger partial charge in [-0.3, -0.25) is 13.9 Å². The molecule has 0 radical (unpaired) electrons. The number of nitriles is 1. The fourth-order valence-electron chi connectivity index (χ4n) is 4.55. The molecule has 10 heteroatoms. The van der Waals surface area contributed by atoms with Crippen molar-refractivity contribution in [2.24, 2.45) is 5.92 Å². The lowest BCUT2D eigenvalue weighted by molar-refractivity contribution is -0.134. The second-order valence-corrected chi connectivity index (χ2v) is 9.45. The van der Waals surface area contributed by atoms with Crippen LogP contribution in [0.25, 0.3) is 16.9 Å². The lowest BCUT2D eigenvalue weighted by atomic mass is 10.00. The molecule has 5 rings (SSSR count). The van der Waals surface area contributed by atoms with Gasteiger partial charge in [0.2, 0.25) is 0 Å². The molecule has 192 valence electrons. The predicted octanol–water partition coefficient (Wildman–Crippen LogP) is 3.66. The van der Waals surface area contributed by atoms with Gasteiger partial charge in [-0.25, -0.2) is 14.8 Å². The average molecular weight is 510 g/mol. The van der Waals surface area contributed by atoms with Crippen LogP contribution in [-0.4, -0.2) is 42.5 Å². The average Bonchev–Trinajstić information content (AvgIpc) is 3.18. The van der Waals surface area contributed by atoms with Gasteiger partial charge in [0, 0.05) is 13.1 Å². The molecule has 0 spiro atoms. The van der Waals surface area contributed by atoms with Gasteiger partial charge < -0.3 is 15.4 Å². The van der Waals surface area contributed by atoms with Crippen LogP contribution in [0, 0.1) is 17.2 Å². The van der Waals surface area contributed by atoms with Gasteiger partial charge in [0.05, 0.1) is 11.7 Å². The van der Waals surface area contributed by atoms with Gasteiger partial charge in [-0.05, 0) is 48.7 Å². The van der Waals surface area contributed by atoms with Crippen LogP contribution in [0.1, 0.15) is 20.3 Å². The molecule has 1 saturated heterocycles. The van der Waals surface area contributed by atoms with E-state index in [1.54, 1.807) is 35.2 Å². The fraction of sp³-hybridized carbons (Fsp3) is 0.250. The summed E-state index contributed by atoms with van der Waals surface area (Å²) in [6.07, 6.45) is 3.68. The third kappa shape index (κ3) is 4.62. The van der Waals surface area contributed by atoms with Gasteiger partial charge in [0.25, 0.3) is 5.91 Å². The van der Waals surface area contributed by atoms with Crippen LogP contribution in [0.3, 0.4) is 0 Å². The van der Waals surface area contributed by atoms with Crippen LogP contribution < -0.4 is 16.2 Å². The lowest BCUT2D eigenvalue weighted by Gasteiger charge is -2.41. The van der Waals surface area contributed by atoms with E-state index in [9.17, 15) is 14.9 Å². The normalized spacial score (nSPS) is 15.4. The van der Waals surface area contributed by atoms with Gasteiger partial charge in [-0.1, -0.05) is 38.1 Å². The van der Waals surface area contributed by atoms with E-state index in [-0.39, 0.29) is 41.5 Å². The number of hydrogen-bond donors (Lipinski definition) is 1. The number of anilines is 1. The number of carbonyl (C=O) groups excluding carboxylic acids is 1. The predicted molar refractivity (Wildman–Crippen MR) is 143 cm³/mol. The van der Waals surface area contributed by atoms with E-state index < -0.39 is 0 Å². The Kier molecular flexibility index (Phi) is 6.66. The SMILES string of the molecule is CC(C)C=C(C#N)C(=O)N1CC[C@H]1Cn1c(=O)n(-c2ccc(Oc3ccccc3)cc2)c2c(N)ncnc21. The summed E-state index contributed by atoms with van der Waals surface area (Å²) in [5.41, 5.74) is 7.33. The first-order valence-corrected chi connectivity index (χ1v) is 12.3. The smallest absolute Gasteiger partial charge is 0.335 e. The molecule has 1 fully saturated rings. The van der Waals surface area contributed by atoms with Gasteiger partial charge in [0.1, 0.15) is 35.0 Å². The minimum absolute atomic E-state index is 0.0677. The molecule has 0 aliphatic carbocycles. The summed E-state index contributed by atoms with van der Waals surface area (Å²) in [6.45, 7) is 4.57. The number of nitrogens with zero attached hydrogens (tertiary/aromatic N) is 6. The summed E-state index contributed by atoms with van der Waals surface area (Å²) in [4.78, 5) is 36.8. The van der Waals surface area contributed by atoms with Crippen molar-refractivity contribution in [3.63, 3.8) is 0 Å². The van der Waals surface area contributed by atoms with Crippen molar-refractivity contribution in [1.29, 1.82) is 5.26 Å². The molecule has 2 aromatic heterocycles. The van der Waals surface area contributed by atoms with Crippen LogP contribution in [-0.2, 0) is 11.3 Å². The van der Waals surface area contributed by atoms with Crippen molar-refractivity contribution in [3.8, 4) is 23.3 Å². The number of hydrogen-bond acceptors (Lipinski definition) is 7. The number of likely N-dealkylation sites (tertiary alicyclic amines) is 1. The molecule has 10 nitrogen and oxygen atoms in total. The number of nitrogens with two attached hydrogens (primary N) is 1. The number of fused-ring (bicyclic) bond motifs is 1. The maximum absolute atomic E-state index is 13.7. The van der Waals surface area contributed by atoms with Gasteiger partial charge in [-0.2, -0.15) is 5.26 Å². The van der Waals surface area contributed by atoms with Gasteiger partial charge in [0.15, 0.2) is 11.5 Å². The van der Waals surface area contributed by atoms with Crippen molar-refractivity contribution in [1.82, 2.24) is 24.0 Å². The number of para-hydroxylation sites is 1. The van der Waals surface area contributed by atoms with Crippen molar-refractivity contribution in [3.05, 3.63) is 83.1 Å². The molecule has 2 aromatic carbocycles. The van der Waals surface area contributed by atoms with E-state index >= 15 is 0 Å². The summed E-state index contributed by atoms with van der Waals surface area (Å²) in [5, 5.41) is 9.47. The maximum atomic E-state index is 13.7.